The number of unbranched alkanes of at least 4 members (excludes halogenated alkanes) is 50. The topological polar surface area (TPSA) is 105 Å². The zero-order valence-electron chi connectivity index (χ0n) is 60.6. The summed E-state index contributed by atoms with van der Waals surface area (Å²) >= 11 is 0. The normalized spacial score (nSPS) is 13.9. The number of aliphatic hydroxyl groups is 1. The average molecular weight is 1280 g/mol. The fraction of sp³-hybridized carbons (Fsp3) is 0.840. The number of hydrogen-bond donors (Lipinski definition) is 3. The number of quaternary nitrogens is 1. The highest BCUT2D eigenvalue weighted by Gasteiger charge is 2.28. The van der Waals surface area contributed by atoms with Crippen LogP contribution in [0.25, 0.3) is 0 Å². The van der Waals surface area contributed by atoms with Gasteiger partial charge in [-0.25, -0.2) is 4.57 Å². The summed E-state index contributed by atoms with van der Waals surface area (Å²) in [5.74, 6) is -0.179. The Morgan fingerprint density at radius 1 is 0.389 bits per heavy atom. The molecule has 0 rings (SSSR count). The predicted octanol–water partition coefficient (Wildman–Crippen LogP) is 25.7. The van der Waals surface area contributed by atoms with Crippen LogP contribution in [0.1, 0.15) is 386 Å². The number of amides is 1. The summed E-state index contributed by atoms with van der Waals surface area (Å²) in [5, 5.41) is 14.0. The van der Waals surface area contributed by atoms with Crippen molar-refractivity contribution in [2.75, 3.05) is 40.9 Å². The highest BCUT2D eigenvalue weighted by atomic mass is 31.2. The third-order valence-corrected chi connectivity index (χ3v) is 18.9. The van der Waals surface area contributed by atoms with Crippen LogP contribution < -0.4 is 5.32 Å². The molecule has 0 bridgehead atoms. The van der Waals surface area contributed by atoms with Crippen LogP contribution in [-0.2, 0) is 18.4 Å². The molecule has 0 radical (unpaired) electrons. The average Bonchev–Trinajstić information content (AvgIpc) is 3.72. The smallest absolute Gasteiger partial charge is 0.387 e. The molecular weight excluding hydrogens is 1130 g/mol. The highest BCUT2D eigenvalue weighted by Crippen LogP contribution is 2.43. The molecule has 0 aromatic heterocycles. The number of nitrogens with zero attached hydrogens (tertiary/aromatic N) is 1. The lowest BCUT2D eigenvalue weighted by Crippen LogP contribution is -2.45. The fourth-order valence-corrected chi connectivity index (χ4v) is 12.6. The maximum absolute atomic E-state index is 13.1. The van der Waals surface area contributed by atoms with Crippen molar-refractivity contribution in [1.29, 1.82) is 0 Å². The van der Waals surface area contributed by atoms with E-state index in [2.05, 4.69) is 79.9 Å². The molecule has 9 heteroatoms. The van der Waals surface area contributed by atoms with Crippen molar-refractivity contribution in [2.24, 2.45) is 0 Å². The van der Waals surface area contributed by atoms with E-state index in [4.69, 9.17) is 9.05 Å². The SMILES string of the molecule is CC/C=C\C/C=C\C/C=C\C/C=C\CCCCCCCCCCCCCCCCCCCCCCCCCCCCC(=O)NC(COP(=O)(O)OCC[N+](C)(C)C)C(O)/C=C/CC/C=C/CCCCCCCCCCCCCCCCCCCCCCCCC. The lowest BCUT2D eigenvalue weighted by Gasteiger charge is -2.25. The van der Waals surface area contributed by atoms with Gasteiger partial charge in [-0.15, -0.1) is 0 Å². The number of phosphoric acid groups is 1. The van der Waals surface area contributed by atoms with Gasteiger partial charge in [0.25, 0.3) is 0 Å². The second-order valence-corrected chi connectivity index (χ2v) is 29.5. The summed E-state index contributed by atoms with van der Waals surface area (Å²) in [4.78, 5) is 23.5. The van der Waals surface area contributed by atoms with Gasteiger partial charge in [0.15, 0.2) is 0 Å². The number of rotatable bonds is 73. The number of carbonyl (C=O) groups excluding carboxylic acids is 1. The third-order valence-electron chi connectivity index (χ3n) is 17.9. The number of hydrogen-bond acceptors (Lipinski definition) is 5. The van der Waals surface area contributed by atoms with E-state index in [-0.39, 0.29) is 19.1 Å². The molecule has 3 unspecified atom stereocenters. The van der Waals surface area contributed by atoms with Crippen LogP contribution in [0.3, 0.4) is 0 Å². The van der Waals surface area contributed by atoms with E-state index < -0.39 is 20.0 Å². The Kier molecular flexibility index (Phi) is 69.6. The van der Waals surface area contributed by atoms with E-state index >= 15 is 0 Å². The predicted molar refractivity (Wildman–Crippen MR) is 397 cm³/mol. The summed E-state index contributed by atoms with van der Waals surface area (Å²) in [6.07, 6.45) is 101. The van der Waals surface area contributed by atoms with Gasteiger partial charge in [0.05, 0.1) is 39.9 Å². The minimum atomic E-state index is -4.37. The minimum Gasteiger partial charge on any atom is -0.387 e. The molecule has 528 valence electrons. The first-order valence-electron chi connectivity index (χ1n) is 39.3. The summed E-state index contributed by atoms with van der Waals surface area (Å²) in [5.41, 5.74) is 0. The molecule has 0 spiro atoms. The molecule has 0 aromatic rings. The number of aliphatic hydroxyl groups excluding tert-OH is 1. The van der Waals surface area contributed by atoms with Crippen LogP contribution in [0, 0.1) is 0 Å². The molecule has 3 N–H and O–H groups in total. The van der Waals surface area contributed by atoms with Crippen LogP contribution in [0.15, 0.2) is 72.9 Å². The first-order chi connectivity index (χ1) is 44.0. The quantitative estimate of drug-likeness (QED) is 0.0243. The van der Waals surface area contributed by atoms with Crippen molar-refractivity contribution in [2.45, 2.75) is 398 Å². The lowest BCUT2D eigenvalue weighted by molar-refractivity contribution is -0.870. The number of allylic oxidation sites excluding steroid dienone is 11. The van der Waals surface area contributed by atoms with Crippen LogP contribution in [0.5, 0.6) is 0 Å². The molecule has 3 atom stereocenters. The number of phosphoric ester groups is 1. The Hall–Kier alpha value is -2.06. The van der Waals surface area contributed by atoms with Gasteiger partial charge in [-0.2, -0.15) is 0 Å². The van der Waals surface area contributed by atoms with Crippen molar-refractivity contribution < 1.29 is 32.9 Å². The molecule has 0 aliphatic heterocycles. The minimum absolute atomic E-state index is 0.0569. The highest BCUT2D eigenvalue weighted by molar-refractivity contribution is 7.47. The number of carbonyl (C=O) groups is 1. The van der Waals surface area contributed by atoms with Gasteiger partial charge >= 0.3 is 7.82 Å². The second-order valence-electron chi connectivity index (χ2n) is 28.1. The summed E-state index contributed by atoms with van der Waals surface area (Å²) < 4.78 is 23.9. The summed E-state index contributed by atoms with van der Waals surface area (Å²) in [6, 6.07) is -0.866. The third kappa shape index (κ3) is 73.4. The zero-order valence-corrected chi connectivity index (χ0v) is 61.5. The van der Waals surface area contributed by atoms with Gasteiger partial charge in [0, 0.05) is 6.42 Å². The molecule has 0 saturated heterocycles. The lowest BCUT2D eigenvalue weighted by atomic mass is 10.0. The van der Waals surface area contributed by atoms with Crippen LogP contribution in [0.2, 0.25) is 0 Å². The van der Waals surface area contributed by atoms with E-state index in [1.165, 1.54) is 302 Å². The van der Waals surface area contributed by atoms with Crippen LogP contribution in [-0.4, -0.2) is 73.4 Å². The van der Waals surface area contributed by atoms with Gasteiger partial charge in [0.2, 0.25) is 5.91 Å². The Morgan fingerprint density at radius 2 is 0.678 bits per heavy atom. The Balaban J connectivity index is 3.97. The van der Waals surface area contributed by atoms with Gasteiger partial charge in [0.1, 0.15) is 13.2 Å². The molecule has 0 aromatic carbocycles. The standard InChI is InChI=1S/C81H153N2O6P/c1-6-8-10-12-14-16-18-20-22-24-26-28-30-32-34-36-37-38-39-40-41-42-43-44-45-47-49-51-53-55-57-59-61-63-65-67-69-71-73-75-81(85)82-79(78-89-90(86,87)88-77-76-83(3,4)5)80(84)74-72-70-68-66-64-62-60-58-56-54-52-50-48-46-35-33-31-29-27-25-23-21-19-17-15-13-11-9-7-2/h8,10,14,16,20,22,26,28,64,66,72,74,79-80,84H,6-7,9,11-13,15,17-19,21,23-25,27,29-63,65,67-71,73,75-78H2,1-5H3,(H-,82,85,86,87)/p+1/b10-8-,16-14-,22-20-,28-26-,66-64+,74-72+. The molecule has 0 aliphatic rings. The number of likely N-dealkylation sites (N-methyl/N-ethyl adjacent to an activating group) is 1. The monoisotopic (exact) mass is 1280 g/mol. The van der Waals surface area contributed by atoms with Crippen molar-refractivity contribution in [3.63, 3.8) is 0 Å². The van der Waals surface area contributed by atoms with Crippen molar-refractivity contribution in [1.82, 2.24) is 5.32 Å². The Bertz CT molecular complexity index is 1700. The maximum Gasteiger partial charge on any atom is 0.472 e. The van der Waals surface area contributed by atoms with Crippen molar-refractivity contribution in [3.05, 3.63) is 72.9 Å². The second kappa shape index (κ2) is 71.2. The van der Waals surface area contributed by atoms with Gasteiger partial charge in [-0.05, 0) is 70.6 Å². The number of nitrogens with one attached hydrogen (secondary N) is 1. The zero-order chi connectivity index (χ0) is 65.5. The molecule has 0 aliphatic carbocycles. The molecule has 1 amide bonds. The molecule has 0 saturated carbocycles. The van der Waals surface area contributed by atoms with E-state index in [0.29, 0.717) is 17.4 Å². The largest absolute Gasteiger partial charge is 0.472 e. The molecule has 0 heterocycles. The maximum atomic E-state index is 13.1. The molecule has 8 nitrogen and oxygen atoms in total. The van der Waals surface area contributed by atoms with E-state index in [9.17, 15) is 19.4 Å². The molecule has 90 heavy (non-hydrogen) atoms. The van der Waals surface area contributed by atoms with Gasteiger partial charge in [-0.3, -0.25) is 13.8 Å². The van der Waals surface area contributed by atoms with Crippen LogP contribution in [0.4, 0.5) is 0 Å². The van der Waals surface area contributed by atoms with E-state index in [0.717, 1.165) is 64.2 Å². The summed E-state index contributed by atoms with van der Waals surface area (Å²) in [7, 11) is 1.57. The molecule has 0 fully saturated rings. The van der Waals surface area contributed by atoms with E-state index in [1.54, 1.807) is 6.08 Å². The van der Waals surface area contributed by atoms with Crippen molar-refractivity contribution >= 4 is 13.7 Å². The first-order valence-corrected chi connectivity index (χ1v) is 40.8. The van der Waals surface area contributed by atoms with Crippen LogP contribution >= 0.6 is 7.82 Å². The Morgan fingerprint density at radius 3 is 1.02 bits per heavy atom. The summed E-state index contributed by atoms with van der Waals surface area (Å²) in [6.45, 7) is 4.74. The first kappa shape index (κ1) is 87.9. The van der Waals surface area contributed by atoms with Crippen molar-refractivity contribution in [3.8, 4) is 0 Å². The Labute approximate surface area is 561 Å². The fourth-order valence-electron chi connectivity index (χ4n) is 11.9. The van der Waals surface area contributed by atoms with Gasteiger partial charge < -0.3 is 19.8 Å². The van der Waals surface area contributed by atoms with E-state index in [1.807, 2.05) is 27.2 Å². The van der Waals surface area contributed by atoms with Gasteiger partial charge in [-0.1, -0.05) is 382 Å². The molecular formula is C81H154N2O6P+.